The van der Waals surface area contributed by atoms with E-state index < -0.39 is 5.91 Å². The highest BCUT2D eigenvalue weighted by Crippen LogP contribution is 2.25. The highest BCUT2D eigenvalue weighted by Gasteiger charge is 2.09. The molecule has 1 rings (SSSR count). The lowest BCUT2D eigenvalue weighted by Gasteiger charge is -1.88. The van der Waals surface area contributed by atoms with Gasteiger partial charge in [-0.15, -0.1) is 11.3 Å². The Hall–Kier alpha value is -0.680. The van der Waals surface area contributed by atoms with Crippen molar-refractivity contribution in [2.24, 2.45) is 5.73 Å². The standard InChI is InChI=1S/C6H8N2OS2/c7-5(9)4-1-3(2-10)11-6(4)8/h1,10H,2,8H2,(H2,7,9). The van der Waals surface area contributed by atoms with E-state index in [1.807, 2.05) is 0 Å². The van der Waals surface area contributed by atoms with Crippen LogP contribution in [0.5, 0.6) is 0 Å². The molecule has 0 bridgehead atoms. The van der Waals surface area contributed by atoms with E-state index in [0.717, 1.165) is 4.88 Å². The minimum Gasteiger partial charge on any atom is -0.390 e. The van der Waals surface area contributed by atoms with Crippen molar-refractivity contribution >= 4 is 34.9 Å². The van der Waals surface area contributed by atoms with Crippen LogP contribution in [0.2, 0.25) is 0 Å². The fourth-order valence-electron chi connectivity index (χ4n) is 0.728. The quantitative estimate of drug-likeness (QED) is 0.602. The number of nitrogens with two attached hydrogens (primary N) is 2. The van der Waals surface area contributed by atoms with Crippen LogP contribution in [0.4, 0.5) is 5.00 Å². The Labute approximate surface area is 73.8 Å². The summed E-state index contributed by atoms with van der Waals surface area (Å²) < 4.78 is 0. The van der Waals surface area contributed by atoms with Crippen molar-refractivity contribution in [3.8, 4) is 0 Å². The van der Waals surface area contributed by atoms with Gasteiger partial charge in [-0.1, -0.05) is 0 Å². The number of nitrogen functional groups attached to an aromatic ring is 1. The molecule has 0 aliphatic rings. The Morgan fingerprint density at radius 1 is 1.73 bits per heavy atom. The van der Waals surface area contributed by atoms with Crippen molar-refractivity contribution in [3.05, 3.63) is 16.5 Å². The number of hydrogen-bond acceptors (Lipinski definition) is 4. The molecule has 0 atom stereocenters. The lowest BCUT2D eigenvalue weighted by Crippen LogP contribution is -2.11. The van der Waals surface area contributed by atoms with Crippen molar-refractivity contribution in [2.75, 3.05) is 5.73 Å². The monoisotopic (exact) mass is 188 g/mol. The molecule has 0 saturated carbocycles. The summed E-state index contributed by atoms with van der Waals surface area (Å²) in [6, 6.07) is 1.68. The minimum atomic E-state index is -0.480. The van der Waals surface area contributed by atoms with E-state index in [4.69, 9.17) is 11.5 Å². The van der Waals surface area contributed by atoms with Gasteiger partial charge >= 0.3 is 0 Å². The Bertz CT molecular complexity index is 282. The van der Waals surface area contributed by atoms with Gasteiger partial charge in [-0.3, -0.25) is 4.79 Å². The predicted molar refractivity (Wildman–Crippen MR) is 49.9 cm³/mol. The normalized spacial score (nSPS) is 9.91. The van der Waals surface area contributed by atoms with Gasteiger partial charge in [0, 0.05) is 10.6 Å². The summed E-state index contributed by atoms with van der Waals surface area (Å²) in [6.45, 7) is 0. The van der Waals surface area contributed by atoms with E-state index in [0.29, 0.717) is 16.3 Å². The molecule has 0 aromatic carbocycles. The van der Waals surface area contributed by atoms with Crippen molar-refractivity contribution in [2.45, 2.75) is 5.75 Å². The summed E-state index contributed by atoms with van der Waals surface area (Å²) >= 11 is 5.39. The molecule has 0 fully saturated rings. The van der Waals surface area contributed by atoms with E-state index in [9.17, 15) is 4.79 Å². The van der Waals surface area contributed by atoms with Crippen LogP contribution in [0.1, 0.15) is 15.2 Å². The summed E-state index contributed by atoms with van der Waals surface area (Å²) in [5, 5.41) is 0.474. The summed E-state index contributed by atoms with van der Waals surface area (Å²) in [6.07, 6.45) is 0. The molecule has 60 valence electrons. The van der Waals surface area contributed by atoms with Crippen LogP contribution in [0.3, 0.4) is 0 Å². The fourth-order valence-corrected chi connectivity index (χ4v) is 1.81. The van der Waals surface area contributed by atoms with E-state index in [1.54, 1.807) is 6.07 Å². The van der Waals surface area contributed by atoms with Crippen LogP contribution in [-0.4, -0.2) is 5.91 Å². The topological polar surface area (TPSA) is 69.1 Å². The zero-order valence-electron chi connectivity index (χ0n) is 5.70. The lowest BCUT2D eigenvalue weighted by molar-refractivity contribution is 0.100. The molecule has 11 heavy (non-hydrogen) atoms. The van der Waals surface area contributed by atoms with Gasteiger partial charge in [-0.25, -0.2) is 0 Å². The van der Waals surface area contributed by atoms with Gasteiger partial charge in [-0.05, 0) is 6.07 Å². The Morgan fingerprint density at radius 2 is 2.36 bits per heavy atom. The van der Waals surface area contributed by atoms with Gasteiger partial charge < -0.3 is 11.5 Å². The molecular formula is C6H8N2OS2. The molecule has 0 aliphatic heterocycles. The first-order valence-corrected chi connectivity index (χ1v) is 4.39. The van der Waals surface area contributed by atoms with Crippen LogP contribution < -0.4 is 11.5 Å². The molecule has 0 spiro atoms. The molecule has 1 amide bonds. The molecule has 1 aromatic heterocycles. The lowest BCUT2D eigenvalue weighted by atomic mass is 10.3. The Morgan fingerprint density at radius 3 is 2.64 bits per heavy atom. The molecule has 0 aliphatic carbocycles. The first-order valence-electron chi connectivity index (χ1n) is 2.94. The third-order valence-corrected chi connectivity index (χ3v) is 2.75. The van der Waals surface area contributed by atoms with Crippen LogP contribution in [0, 0.1) is 0 Å². The summed E-state index contributed by atoms with van der Waals surface area (Å²) in [5.74, 6) is 0.106. The van der Waals surface area contributed by atoms with Gasteiger partial charge in [0.2, 0.25) is 0 Å². The van der Waals surface area contributed by atoms with Crippen molar-refractivity contribution in [1.82, 2.24) is 0 Å². The summed E-state index contributed by atoms with van der Waals surface area (Å²) in [7, 11) is 0. The third-order valence-electron chi connectivity index (χ3n) is 1.23. The number of thiol groups is 1. The molecule has 0 unspecified atom stereocenters. The van der Waals surface area contributed by atoms with E-state index in [-0.39, 0.29) is 0 Å². The van der Waals surface area contributed by atoms with Crippen molar-refractivity contribution in [3.63, 3.8) is 0 Å². The number of anilines is 1. The van der Waals surface area contributed by atoms with Crippen LogP contribution >= 0.6 is 24.0 Å². The SMILES string of the molecule is NC(=O)c1cc(CS)sc1N. The molecule has 4 N–H and O–H groups in total. The Kier molecular flexibility index (Phi) is 2.41. The Balaban J connectivity index is 3.07. The fraction of sp³-hybridized carbons (Fsp3) is 0.167. The maximum Gasteiger partial charge on any atom is 0.251 e. The summed E-state index contributed by atoms with van der Waals surface area (Å²) in [5.41, 5.74) is 10.9. The minimum absolute atomic E-state index is 0.402. The van der Waals surface area contributed by atoms with E-state index in [1.165, 1.54) is 11.3 Å². The second kappa shape index (κ2) is 3.15. The summed E-state index contributed by atoms with van der Waals surface area (Å²) in [4.78, 5) is 11.6. The van der Waals surface area contributed by atoms with Crippen LogP contribution in [-0.2, 0) is 5.75 Å². The number of hydrogen-bond donors (Lipinski definition) is 3. The maximum absolute atomic E-state index is 10.7. The predicted octanol–water partition coefficient (Wildman–Crippen LogP) is 0.859. The first-order chi connectivity index (χ1) is 5.15. The van der Waals surface area contributed by atoms with Gasteiger partial charge in [0.1, 0.15) is 0 Å². The highest BCUT2D eigenvalue weighted by molar-refractivity contribution is 7.79. The van der Waals surface area contributed by atoms with Crippen molar-refractivity contribution < 1.29 is 4.79 Å². The zero-order valence-corrected chi connectivity index (χ0v) is 7.41. The number of carbonyl (C=O) groups is 1. The number of amides is 1. The second-order valence-electron chi connectivity index (χ2n) is 2.01. The van der Waals surface area contributed by atoms with E-state index >= 15 is 0 Å². The van der Waals surface area contributed by atoms with Gasteiger partial charge in [0.25, 0.3) is 5.91 Å². The molecular weight excluding hydrogens is 180 g/mol. The highest BCUT2D eigenvalue weighted by atomic mass is 32.1. The van der Waals surface area contributed by atoms with Gasteiger partial charge in [-0.2, -0.15) is 12.6 Å². The molecule has 1 heterocycles. The first kappa shape index (κ1) is 8.42. The smallest absolute Gasteiger partial charge is 0.251 e. The zero-order chi connectivity index (χ0) is 8.43. The largest absolute Gasteiger partial charge is 0.390 e. The van der Waals surface area contributed by atoms with Gasteiger partial charge in [0.15, 0.2) is 0 Å². The molecule has 5 heteroatoms. The molecule has 3 nitrogen and oxygen atoms in total. The number of thiophene rings is 1. The molecule has 1 aromatic rings. The maximum atomic E-state index is 10.7. The molecule has 0 radical (unpaired) electrons. The second-order valence-corrected chi connectivity index (χ2v) is 3.50. The van der Waals surface area contributed by atoms with Gasteiger partial charge in [0.05, 0.1) is 10.6 Å². The third kappa shape index (κ3) is 1.66. The van der Waals surface area contributed by atoms with Crippen LogP contribution in [0.15, 0.2) is 6.07 Å². The van der Waals surface area contributed by atoms with E-state index in [2.05, 4.69) is 12.6 Å². The number of carbonyl (C=O) groups excluding carboxylic acids is 1. The van der Waals surface area contributed by atoms with Crippen LogP contribution in [0.25, 0.3) is 0 Å². The average Bonchev–Trinajstić information content (AvgIpc) is 2.30. The molecule has 0 saturated heterocycles. The number of rotatable bonds is 2. The van der Waals surface area contributed by atoms with Crippen molar-refractivity contribution in [1.29, 1.82) is 0 Å². The average molecular weight is 188 g/mol. The number of primary amides is 1.